The Morgan fingerprint density at radius 3 is 2.86 bits per heavy atom. The first-order chi connectivity index (χ1) is 10.0. The van der Waals surface area contributed by atoms with Crippen LogP contribution in [0.1, 0.15) is 10.7 Å². The highest BCUT2D eigenvalue weighted by Crippen LogP contribution is 2.20. The van der Waals surface area contributed by atoms with Crippen LogP contribution in [-0.4, -0.2) is 27.1 Å². The van der Waals surface area contributed by atoms with Crippen molar-refractivity contribution >= 4 is 33.0 Å². The van der Waals surface area contributed by atoms with Gasteiger partial charge in [-0.1, -0.05) is 23.7 Å². The summed E-state index contributed by atoms with van der Waals surface area (Å²) in [4.78, 5) is 4.43. The van der Waals surface area contributed by atoms with E-state index in [1.54, 1.807) is 25.3 Å². The quantitative estimate of drug-likeness (QED) is 0.836. The fourth-order valence-electron chi connectivity index (χ4n) is 1.71. The number of rotatable bonds is 7. The maximum absolute atomic E-state index is 12.1. The van der Waals surface area contributed by atoms with Gasteiger partial charge in [0.15, 0.2) is 0 Å². The molecule has 2 rings (SSSR count). The Labute approximate surface area is 133 Å². The summed E-state index contributed by atoms with van der Waals surface area (Å²) in [5.41, 5.74) is 0.842. The number of sulfonamides is 1. The zero-order valence-electron chi connectivity index (χ0n) is 11.4. The predicted octanol–water partition coefficient (Wildman–Crippen LogP) is 2.46. The molecule has 0 radical (unpaired) electrons. The zero-order valence-corrected chi connectivity index (χ0v) is 13.8. The summed E-state index contributed by atoms with van der Waals surface area (Å²) in [5, 5.41) is 2.99. The summed E-state index contributed by atoms with van der Waals surface area (Å²) in [5.74, 6) is 0. The van der Waals surface area contributed by atoms with Crippen LogP contribution in [0, 0.1) is 0 Å². The largest absolute Gasteiger partial charge is 0.378 e. The topological polar surface area (TPSA) is 68.3 Å². The van der Waals surface area contributed by atoms with E-state index in [0.717, 1.165) is 10.7 Å². The minimum atomic E-state index is -3.60. The molecule has 1 aromatic heterocycles. The van der Waals surface area contributed by atoms with Gasteiger partial charge in [-0.3, -0.25) is 0 Å². The number of aromatic nitrogens is 1. The highest BCUT2D eigenvalue weighted by Gasteiger charge is 2.16. The van der Waals surface area contributed by atoms with Crippen molar-refractivity contribution in [1.82, 2.24) is 9.71 Å². The number of nitrogens with zero attached hydrogens (tertiary/aromatic N) is 1. The molecule has 21 heavy (non-hydrogen) atoms. The second-order valence-electron chi connectivity index (χ2n) is 4.24. The number of nitrogens with one attached hydrogen (secondary N) is 1. The molecule has 0 saturated carbocycles. The number of hydrogen-bond acceptors (Lipinski definition) is 5. The van der Waals surface area contributed by atoms with Gasteiger partial charge in [0.1, 0.15) is 9.90 Å². The van der Waals surface area contributed by atoms with Gasteiger partial charge in [-0.15, -0.1) is 11.3 Å². The summed E-state index contributed by atoms with van der Waals surface area (Å²) in [6.45, 7) is 0.736. The Balaban J connectivity index is 1.94. The summed E-state index contributed by atoms with van der Waals surface area (Å²) in [6, 6.07) is 6.35. The van der Waals surface area contributed by atoms with Gasteiger partial charge < -0.3 is 4.74 Å². The second kappa shape index (κ2) is 7.33. The van der Waals surface area contributed by atoms with Crippen molar-refractivity contribution in [2.75, 3.05) is 13.7 Å². The molecule has 0 atom stereocenters. The van der Waals surface area contributed by atoms with E-state index < -0.39 is 10.0 Å². The van der Waals surface area contributed by atoms with Crippen LogP contribution in [-0.2, 0) is 27.8 Å². The van der Waals surface area contributed by atoms with Crippen molar-refractivity contribution in [3.63, 3.8) is 0 Å². The Morgan fingerprint density at radius 1 is 1.38 bits per heavy atom. The maximum atomic E-state index is 12.1. The maximum Gasteiger partial charge on any atom is 0.242 e. The van der Waals surface area contributed by atoms with Gasteiger partial charge in [0.05, 0.1) is 17.3 Å². The molecule has 0 unspecified atom stereocenters. The van der Waals surface area contributed by atoms with Crippen molar-refractivity contribution in [2.24, 2.45) is 0 Å². The van der Waals surface area contributed by atoms with Crippen molar-refractivity contribution in [1.29, 1.82) is 0 Å². The molecule has 0 fully saturated rings. The van der Waals surface area contributed by atoms with Crippen LogP contribution < -0.4 is 4.72 Å². The molecule has 5 nitrogen and oxygen atoms in total. The summed E-state index contributed by atoms with van der Waals surface area (Å²) in [6.07, 6.45) is 0.518. The number of ether oxygens (including phenoxy) is 1. The van der Waals surface area contributed by atoms with E-state index >= 15 is 0 Å². The van der Waals surface area contributed by atoms with Crippen LogP contribution in [0.2, 0.25) is 5.02 Å². The average molecular weight is 347 g/mol. The molecule has 2 aromatic rings. The van der Waals surface area contributed by atoms with Gasteiger partial charge in [0.25, 0.3) is 0 Å². The van der Waals surface area contributed by atoms with Crippen LogP contribution >= 0.6 is 22.9 Å². The molecule has 0 aliphatic rings. The Kier molecular flexibility index (Phi) is 5.72. The van der Waals surface area contributed by atoms with Crippen molar-refractivity contribution in [3.05, 3.63) is 45.4 Å². The molecule has 1 aromatic carbocycles. The molecule has 0 bridgehead atoms. The SMILES string of the molecule is COCc1nc(CCNS(=O)(=O)c2ccccc2Cl)cs1. The lowest BCUT2D eigenvalue weighted by Gasteiger charge is -2.07. The molecular weight excluding hydrogens is 332 g/mol. The van der Waals surface area contributed by atoms with Gasteiger partial charge in [0.2, 0.25) is 10.0 Å². The van der Waals surface area contributed by atoms with Crippen LogP contribution in [0.4, 0.5) is 0 Å². The van der Waals surface area contributed by atoms with Gasteiger partial charge >= 0.3 is 0 Å². The third-order valence-corrected chi connectivity index (χ3v) is 5.50. The fraction of sp³-hybridized carbons (Fsp3) is 0.308. The lowest BCUT2D eigenvalue weighted by Crippen LogP contribution is -2.26. The highest BCUT2D eigenvalue weighted by atomic mass is 35.5. The fourth-order valence-corrected chi connectivity index (χ4v) is 4.06. The molecular formula is C13H15ClN2O3S2. The summed E-state index contributed by atoms with van der Waals surface area (Å²) >= 11 is 7.40. The summed E-state index contributed by atoms with van der Waals surface area (Å²) < 4.78 is 31.8. The predicted molar refractivity (Wildman–Crippen MR) is 83.2 cm³/mol. The number of halogens is 1. The van der Waals surface area contributed by atoms with Gasteiger partial charge in [-0.25, -0.2) is 18.1 Å². The average Bonchev–Trinajstić information content (AvgIpc) is 2.87. The van der Waals surface area contributed by atoms with E-state index in [1.165, 1.54) is 17.4 Å². The van der Waals surface area contributed by atoms with Crippen LogP contribution in [0.3, 0.4) is 0 Å². The van der Waals surface area contributed by atoms with E-state index in [9.17, 15) is 8.42 Å². The first-order valence-corrected chi connectivity index (χ1v) is 8.93. The molecule has 114 valence electrons. The first-order valence-electron chi connectivity index (χ1n) is 6.19. The summed E-state index contributed by atoms with van der Waals surface area (Å²) in [7, 11) is -1.99. The highest BCUT2D eigenvalue weighted by molar-refractivity contribution is 7.89. The molecule has 0 spiro atoms. The van der Waals surface area contributed by atoms with E-state index in [4.69, 9.17) is 16.3 Å². The van der Waals surface area contributed by atoms with Crippen LogP contribution in [0.5, 0.6) is 0 Å². The number of methoxy groups -OCH3 is 1. The normalized spacial score (nSPS) is 11.7. The van der Waals surface area contributed by atoms with E-state index in [0.29, 0.717) is 13.0 Å². The smallest absolute Gasteiger partial charge is 0.242 e. The minimum Gasteiger partial charge on any atom is -0.378 e. The second-order valence-corrected chi connectivity index (χ2v) is 7.33. The molecule has 1 N–H and O–H groups in total. The molecule has 0 aliphatic heterocycles. The number of benzene rings is 1. The monoisotopic (exact) mass is 346 g/mol. The molecule has 0 amide bonds. The van der Waals surface area contributed by atoms with Crippen molar-refractivity contribution in [3.8, 4) is 0 Å². The molecule has 0 saturated heterocycles. The zero-order chi connectivity index (χ0) is 15.3. The Morgan fingerprint density at radius 2 is 2.14 bits per heavy atom. The third kappa shape index (κ3) is 4.49. The molecule has 1 heterocycles. The van der Waals surface area contributed by atoms with Crippen molar-refractivity contribution in [2.45, 2.75) is 17.9 Å². The van der Waals surface area contributed by atoms with E-state index in [2.05, 4.69) is 9.71 Å². The first kappa shape index (κ1) is 16.4. The third-order valence-electron chi connectivity index (χ3n) is 2.67. The Hall–Kier alpha value is -0.990. The van der Waals surface area contributed by atoms with E-state index in [1.807, 2.05) is 5.38 Å². The van der Waals surface area contributed by atoms with Crippen LogP contribution in [0.15, 0.2) is 34.5 Å². The van der Waals surface area contributed by atoms with Gasteiger partial charge in [0, 0.05) is 25.5 Å². The molecule has 0 aliphatic carbocycles. The standard InChI is InChI=1S/C13H15ClN2O3S2/c1-19-8-13-16-10(9-20-13)6-7-15-21(17,18)12-5-3-2-4-11(12)14/h2-5,9,15H,6-8H2,1H3. The Bertz CT molecular complexity index is 701. The number of hydrogen-bond donors (Lipinski definition) is 1. The minimum absolute atomic E-state index is 0.0880. The number of thiazole rings is 1. The van der Waals surface area contributed by atoms with Gasteiger partial charge in [-0.2, -0.15) is 0 Å². The molecule has 8 heteroatoms. The van der Waals surface area contributed by atoms with Crippen LogP contribution in [0.25, 0.3) is 0 Å². The lowest BCUT2D eigenvalue weighted by atomic mass is 10.3. The van der Waals surface area contributed by atoms with Gasteiger partial charge in [-0.05, 0) is 12.1 Å². The van der Waals surface area contributed by atoms with E-state index in [-0.39, 0.29) is 16.5 Å². The van der Waals surface area contributed by atoms with Crippen molar-refractivity contribution < 1.29 is 13.2 Å². The lowest BCUT2D eigenvalue weighted by molar-refractivity contribution is 0.184.